The van der Waals surface area contributed by atoms with Crippen molar-refractivity contribution in [3.63, 3.8) is 0 Å². The zero-order chi connectivity index (χ0) is 20.3. The molecule has 0 radical (unpaired) electrons. The van der Waals surface area contributed by atoms with Crippen LogP contribution in [-0.4, -0.2) is 36.1 Å². The minimum atomic E-state index is -0.930. The second kappa shape index (κ2) is 8.17. The SMILES string of the molecule is CCOC(=O)C(=O)C[C@H](c1ccccc1)[C@H]1C(=O)c2ccccc2N1C(C)=O. The molecule has 2 aromatic rings. The van der Waals surface area contributed by atoms with Crippen molar-refractivity contribution in [2.24, 2.45) is 0 Å². The molecule has 0 aromatic heterocycles. The van der Waals surface area contributed by atoms with E-state index in [4.69, 9.17) is 4.74 Å². The van der Waals surface area contributed by atoms with Crippen LogP contribution in [0.25, 0.3) is 0 Å². The van der Waals surface area contributed by atoms with Crippen molar-refractivity contribution in [3.05, 3.63) is 65.7 Å². The first-order valence-corrected chi connectivity index (χ1v) is 9.13. The number of carbonyl (C=O) groups is 4. The van der Waals surface area contributed by atoms with Crippen LogP contribution in [0.2, 0.25) is 0 Å². The highest BCUT2D eigenvalue weighted by Crippen LogP contribution is 2.40. The summed E-state index contributed by atoms with van der Waals surface area (Å²) in [4.78, 5) is 51.4. The van der Waals surface area contributed by atoms with Crippen molar-refractivity contribution in [2.75, 3.05) is 11.5 Å². The lowest BCUT2D eigenvalue weighted by Gasteiger charge is -2.30. The fourth-order valence-corrected chi connectivity index (χ4v) is 3.65. The predicted octanol–water partition coefficient (Wildman–Crippen LogP) is 2.91. The summed E-state index contributed by atoms with van der Waals surface area (Å²) in [6.45, 7) is 3.10. The zero-order valence-corrected chi connectivity index (χ0v) is 15.8. The van der Waals surface area contributed by atoms with Gasteiger partial charge >= 0.3 is 5.97 Å². The van der Waals surface area contributed by atoms with Crippen molar-refractivity contribution < 1.29 is 23.9 Å². The monoisotopic (exact) mass is 379 g/mol. The van der Waals surface area contributed by atoms with Gasteiger partial charge in [0.25, 0.3) is 0 Å². The molecular weight excluding hydrogens is 358 g/mol. The van der Waals surface area contributed by atoms with Crippen LogP contribution < -0.4 is 4.90 Å². The summed E-state index contributed by atoms with van der Waals surface area (Å²) in [7, 11) is 0. The predicted molar refractivity (Wildman–Crippen MR) is 103 cm³/mol. The molecule has 144 valence electrons. The fourth-order valence-electron chi connectivity index (χ4n) is 3.65. The number of fused-ring (bicyclic) bond motifs is 1. The molecular formula is C22H21NO5. The number of benzene rings is 2. The molecule has 0 N–H and O–H groups in total. The number of ether oxygens (including phenoxy) is 1. The summed E-state index contributed by atoms with van der Waals surface area (Å²) in [5.41, 5.74) is 1.67. The zero-order valence-electron chi connectivity index (χ0n) is 15.8. The summed E-state index contributed by atoms with van der Waals surface area (Å²) in [5.74, 6) is -2.85. The van der Waals surface area contributed by atoms with Crippen molar-refractivity contribution in [1.29, 1.82) is 0 Å². The first-order chi connectivity index (χ1) is 13.5. The number of nitrogens with zero attached hydrogens (tertiary/aromatic N) is 1. The summed E-state index contributed by atoms with van der Waals surface area (Å²) in [6.07, 6.45) is -0.225. The van der Waals surface area contributed by atoms with Gasteiger partial charge < -0.3 is 9.64 Å². The van der Waals surface area contributed by atoms with Crippen molar-refractivity contribution >= 4 is 29.1 Å². The molecule has 1 amide bonds. The van der Waals surface area contributed by atoms with E-state index in [9.17, 15) is 19.2 Å². The maximum atomic E-state index is 13.2. The molecule has 0 bridgehead atoms. The summed E-state index contributed by atoms with van der Waals surface area (Å²) in [6, 6.07) is 15.0. The van der Waals surface area contributed by atoms with Gasteiger partial charge in [0.1, 0.15) is 6.04 Å². The molecule has 0 saturated heterocycles. The number of ketones is 2. The Morgan fingerprint density at radius 1 is 1.04 bits per heavy atom. The number of hydrogen-bond acceptors (Lipinski definition) is 5. The van der Waals surface area contributed by atoms with Gasteiger partial charge in [0.15, 0.2) is 5.78 Å². The number of anilines is 1. The Labute approximate surface area is 163 Å². The van der Waals surface area contributed by atoms with Crippen LogP contribution in [0.4, 0.5) is 5.69 Å². The number of amides is 1. The summed E-state index contributed by atoms with van der Waals surface area (Å²) in [5, 5.41) is 0. The number of rotatable bonds is 6. The molecule has 0 saturated carbocycles. The first-order valence-electron chi connectivity index (χ1n) is 9.13. The van der Waals surface area contributed by atoms with E-state index >= 15 is 0 Å². The van der Waals surface area contributed by atoms with Crippen LogP contribution in [0.1, 0.15) is 42.1 Å². The van der Waals surface area contributed by atoms with Crippen LogP contribution in [0.3, 0.4) is 0 Å². The van der Waals surface area contributed by atoms with Gasteiger partial charge in [-0.05, 0) is 24.6 Å². The lowest BCUT2D eigenvalue weighted by atomic mass is 9.84. The summed E-state index contributed by atoms with van der Waals surface area (Å²) >= 11 is 0. The smallest absolute Gasteiger partial charge is 0.374 e. The van der Waals surface area contributed by atoms with E-state index in [1.54, 1.807) is 55.5 Å². The Morgan fingerprint density at radius 2 is 1.68 bits per heavy atom. The molecule has 28 heavy (non-hydrogen) atoms. The third-order valence-electron chi connectivity index (χ3n) is 4.83. The molecule has 2 atom stereocenters. The third-order valence-corrected chi connectivity index (χ3v) is 4.83. The summed E-state index contributed by atoms with van der Waals surface area (Å²) < 4.78 is 4.81. The van der Waals surface area contributed by atoms with E-state index in [0.29, 0.717) is 16.8 Å². The Kier molecular flexibility index (Phi) is 5.68. The van der Waals surface area contributed by atoms with E-state index < -0.39 is 23.7 Å². The molecule has 0 unspecified atom stereocenters. The van der Waals surface area contributed by atoms with Crippen LogP contribution in [0.5, 0.6) is 0 Å². The second-order valence-electron chi connectivity index (χ2n) is 6.58. The van der Waals surface area contributed by atoms with Crippen molar-refractivity contribution in [3.8, 4) is 0 Å². The normalized spacial score (nSPS) is 16.4. The molecule has 2 aromatic carbocycles. The van der Waals surface area contributed by atoms with Gasteiger partial charge in [-0.2, -0.15) is 0 Å². The van der Waals surface area contributed by atoms with Crippen LogP contribution >= 0.6 is 0 Å². The van der Waals surface area contributed by atoms with Gasteiger partial charge in [-0.3, -0.25) is 14.4 Å². The minimum Gasteiger partial charge on any atom is -0.460 e. The maximum Gasteiger partial charge on any atom is 0.374 e. The molecule has 6 heteroatoms. The van der Waals surface area contributed by atoms with Gasteiger partial charge in [0.2, 0.25) is 11.7 Å². The lowest BCUT2D eigenvalue weighted by molar-refractivity contribution is -0.153. The average Bonchev–Trinajstić information content (AvgIpc) is 2.99. The molecule has 0 spiro atoms. The highest BCUT2D eigenvalue weighted by Gasteiger charge is 2.45. The highest BCUT2D eigenvalue weighted by atomic mass is 16.5. The Morgan fingerprint density at radius 3 is 2.32 bits per heavy atom. The van der Waals surface area contributed by atoms with Gasteiger partial charge in [-0.1, -0.05) is 42.5 Å². The van der Waals surface area contributed by atoms with Gasteiger partial charge in [0.05, 0.1) is 12.3 Å². The highest BCUT2D eigenvalue weighted by molar-refractivity contribution is 6.34. The molecule has 3 rings (SSSR count). The molecule has 1 aliphatic heterocycles. The molecule has 0 fully saturated rings. The van der Waals surface area contributed by atoms with Crippen LogP contribution in [0.15, 0.2) is 54.6 Å². The maximum absolute atomic E-state index is 13.2. The van der Waals surface area contributed by atoms with E-state index in [-0.39, 0.29) is 24.7 Å². The number of esters is 1. The van der Waals surface area contributed by atoms with E-state index in [1.807, 2.05) is 6.07 Å². The second-order valence-corrected chi connectivity index (χ2v) is 6.58. The Hall–Kier alpha value is -3.28. The van der Waals surface area contributed by atoms with E-state index in [2.05, 4.69) is 0 Å². The number of carbonyl (C=O) groups excluding carboxylic acids is 4. The number of Topliss-reactive ketones (excluding diaryl/α,β-unsaturated/α-hetero) is 2. The van der Waals surface area contributed by atoms with Gasteiger partial charge in [-0.15, -0.1) is 0 Å². The Balaban J connectivity index is 2.05. The first kappa shape index (κ1) is 19.5. The van der Waals surface area contributed by atoms with Crippen molar-refractivity contribution in [1.82, 2.24) is 0 Å². The average molecular weight is 379 g/mol. The molecule has 0 aliphatic carbocycles. The lowest BCUT2D eigenvalue weighted by Crippen LogP contribution is -2.44. The fraction of sp³-hybridized carbons (Fsp3) is 0.273. The minimum absolute atomic E-state index is 0.0912. The van der Waals surface area contributed by atoms with Crippen LogP contribution in [0, 0.1) is 0 Å². The van der Waals surface area contributed by atoms with Gasteiger partial charge in [-0.25, -0.2) is 4.79 Å². The largest absolute Gasteiger partial charge is 0.460 e. The van der Waals surface area contributed by atoms with E-state index in [1.165, 1.54) is 11.8 Å². The third kappa shape index (κ3) is 3.58. The number of para-hydroxylation sites is 1. The standard InChI is InChI=1S/C22H21NO5/c1-3-28-22(27)19(25)13-17(15-9-5-4-6-10-15)20-21(26)16-11-7-8-12-18(16)23(20)14(2)24/h4-12,17,20H,3,13H2,1-2H3/t17-,20+/m1/s1. The molecule has 6 nitrogen and oxygen atoms in total. The number of hydrogen-bond donors (Lipinski definition) is 0. The molecule has 1 aliphatic rings. The van der Waals surface area contributed by atoms with E-state index in [0.717, 1.165) is 0 Å². The molecule has 1 heterocycles. The Bertz CT molecular complexity index is 922. The van der Waals surface area contributed by atoms with Crippen molar-refractivity contribution in [2.45, 2.75) is 32.2 Å². The van der Waals surface area contributed by atoms with Crippen LogP contribution in [-0.2, 0) is 19.1 Å². The quantitative estimate of drug-likeness (QED) is 0.569. The van der Waals surface area contributed by atoms with Gasteiger partial charge in [0, 0.05) is 24.8 Å². The topological polar surface area (TPSA) is 80.8 Å².